The Morgan fingerprint density at radius 2 is 1.59 bits per heavy atom. The lowest BCUT2D eigenvalue weighted by atomic mass is 9.96. The fourth-order valence-electron chi connectivity index (χ4n) is 4.15. The van der Waals surface area contributed by atoms with E-state index in [4.69, 9.17) is 4.74 Å². The topological polar surface area (TPSA) is 138 Å². The monoisotopic (exact) mass is 530 g/mol. The van der Waals surface area contributed by atoms with Crippen molar-refractivity contribution in [3.8, 4) is 0 Å². The first kappa shape index (κ1) is 28.0. The van der Waals surface area contributed by atoms with Gasteiger partial charge in [-0.15, -0.1) is 0 Å². The lowest BCUT2D eigenvalue weighted by Crippen LogP contribution is -2.56. The quantitative estimate of drug-likeness (QED) is 0.345. The minimum Gasteiger partial charge on any atom is -0.465 e. The molecule has 0 bridgehead atoms. The highest BCUT2D eigenvalue weighted by atomic mass is 32.2. The number of nitrogens with zero attached hydrogens (tertiary/aromatic N) is 2. The summed E-state index contributed by atoms with van der Waals surface area (Å²) >= 11 is 0. The maximum Gasteiger partial charge on any atom is 0.408 e. The lowest BCUT2D eigenvalue weighted by Gasteiger charge is -2.32. The molecule has 1 aliphatic rings. The van der Waals surface area contributed by atoms with Gasteiger partial charge in [0.1, 0.15) is 6.04 Å². The molecule has 1 unspecified atom stereocenters. The summed E-state index contributed by atoms with van der Waals surface area (Å²) < 4.78 is 32.2. The average Bonchev–Trinajstić information content (AvgIpc) is 3.40. The molecular weight excluding hydrogens is 500 g/mol. The van der Waals surface area contributed by atoms with Crippen LogP contribution < -0.4 is 0 Å². The van der Waals surface area contributed by atoms with E-state index in [2.05, 4.69) is 0 Å². The van der Waals surface area contributed by atoms with Crippen LogP contribution in [-0.4, -0.2) is 78.1 Å². The lowest BCUT2D eigenvalue weighted by molar-refractivity contribution is -0.149. The maximum atomic E-state index is 13.5. The molecule has 1 aliphatic heterocycles. The minimum atomic E-state index is -4.45. The fourth-order valence-corrected chi connectivity index (χ4v) is 5.70. The van der Waals surface area contributed by atoms with Crippen molar-refractivity contribution in [3.05, 3.63) is 66.2 Å². The summed E-state index contributed by atoms with van der Waals surface area (Å²) in [6.45, 7) is 3.31. The number of benzene rings is 2. The summed E-state index contributed by atoms with van der Waals surface area (Å²) in [5.74, 6) is -4.75. The number of hydrogen-bond acceptors (Lipinski definition) is 7. The van der Waals surface area contributed by atoms with E-state index < -0.39 is 45.7 Å². The van der Waals surface area contributed by atoms with Gasteiger partial charge in [-0.1, -0.05) is 62.4 Å². The third-order valence-electron chi connectivity index (χ3n) is 5.94. The van der Waals surface area contributed by atoms with E-state index in [-0.39, 0.29) is 37.0 Å². The van der Waals surface area contributed by atoms with Crippen LogP contribution in [-0.2, 0) is 35.6 Å². The van der Waals surface area contributed by atoms with Crippen molar-refractivity contribution in [3.63, 3.8) is 0 Å². The molecule has 2 aromatic carbocycles. The average molecular weight is 531 g/mol. The van der Waals surface area contributed by atoms with E-state index in [0.717, 1.165) is 4.90 Å². The summed E-state index contributed by atoms with van der Waals surface area (Å²) in [5, 5.41) is 9.97. The first-order valence-electron chi connectivity index (χ1n) is 11.9. The highest BCUT2D eigenvalue weighted by Crippen LogP contribution is 2.22. The molecular formula is C26H30N2O8S. The standard InChI is InChI=1S/C26H30N2O8S/c1-18(2)16-27(37(34,35)21-11-7-4-8-12-21)25(31)24(30)23(29)22(15-19-9-5-3-6-10-19)28(26(32)33)20-13-14-36-17-20/h3-12,18,20,22H,13-17H2,1-2H3,(H,32,33)/t20-,22?/m0/s1. The second kappa shape index (κ2) is 12.1. The summed E-state index contributed by atoms with van der Waals surface area (Å²) in [5.41, 5.74) is 0.571. The van der Waals surface area contributed by atoms with Crippen molar-refractivity contribution in [1.82, 2.24) is 9.21 Å². The largest absolute Gasteiger partial charge is 0.465 e. The molecule has 2 amide bonds. The fraction of sp³-hybridized carbons (Fsp3) is 0.385. The van der Waals surface area contributed by atoms with Crippen LogP contribution in [0.1, 0.15) is 25.8 Å². The Labute approximate surface area is 215 Å². The van der Waals surface area contributed by atoms with Crippen molar-refractivity contribution >= 4 is 33.6 Å². The van der Waals surface area contributed by atoms with Crippen molar-refractivity contribution in [2.45, 2.75) is 43.7 Å². The maximum absolute atomic E-state index is 13.5. The Balaban J connectivity index is 1.99. The van der Waals surface area contributed by atoms with Gasteiger partial charge in [0, 0.05) is 19.6 Å². The van der Waals surface area contributed by atoms with Crippen LogP contribution in [0.2, 0.25) is 0 Å². The number of carbonyl (C=O) groups excluding carboxylic acids is 3. The first-order chi connectivity index (χ1) is 17.5. The van der Waals surface area contributed by atoms with Crippen LogP contribution in [0.5, 0.6) is 0 Å². The molecule has 198 valence electrons. The van der Waals surface area contributed by atoms with Crippen LogP contribution >= 0.6 is 0 Å². The second-order valence-corrected chi connectivity index (χ2v) is 11.0. The normalized spacial score (nSPS) is 16.2. The van der Waals surface area contributed by atoms with Crippen molar-refractivity contribution in [2.75, 3.05) is 19.8 Å². The molecule has 10 nitrogen and oxygen atoms in total. The summed E-state index contributed by atoms with van der Waals surface area (Å²) in [6.07, 6.45) is -1.30. The van der Waals surface area contributed by atoms with Gasteiger partial charge in [0.25, 0.3) is 15.8 Å². The van der Waals surface area contributed by atoms with Crippen LogP contribution in [0.15, 0.2) is 65.6 Å². The molecule has 2 atom stereocenters. The number of ketones is 2. The second-order valence-electron chi connectivity index (χ2n) is 9.15. The van der Waals surface area contributed by atoms with E-state index in [9.17, 15) is 32.7 Å². The Hall–Kier alpha value is -3.57. The molecule has 0 saturated carbocycles. The van der Waals surface area contributed by atoms with Gasteiger partial charge >= 0.3 is 12.0 Å². The smallest absolute Gasteiger partial charge is 0.408 e. The van der Waals surface area contributed by atoms with Crippen molar-refractivity contribution < 1.29 is 37.4 Å². The molecule has 2 aromatic rings. The minimum absolute atomic E-state index is 0.0366. The predicted octanol–water partition coefficient (Wildman–Crippen LogP) is 2.38. The molecule has 1 heterocycles. The Morgan fingerprint density at radius 1 is 1.00 bits per heavy atom. The van der Waals surface area contributed by atoms with Crippen LogP contribution in [0.4, 0.5) is 4.79 Å². The molecule has 3 rings (SSSR count). The van der Waals surface area contributed by atoms with E-state index in [1.54, 1.807) is 50.2 Å². The van der Waals surface area contributed by atoms with Gasteiger partial charge in [-0.25, -0.2) is 17.5 Å². The number of rotatable bonds is 11. The molecule has 0 aromatic heterocycles. The summed E-state index contributed by atoms with van der Waals surface area (Å²) in [7, 11) is -4.45. The zero-order chi connectivity index (χ0) is 27.2. The first-order valence-corrected chi connectivity index (χ1v) is 13.3. The number of ether oxygens (including phenoxy) is 1. The van der Waals surface area contributed by atoms with Gasteiger partial charge in [0.2, 0.25) is 5.78 Å². The highest BCUT2D eigenvalue weighted by molar-refractivity contribution is 7.89. The zero-order valence-corrected chi connectivity index (χ0v) is 21.5. The molecule has 0 aliphatic carbocycles. The van der Waals surface area contributed by atoms with Crippen molar-refractivity contribution in [2.24, 2.45) is 5.92 Å². The van der Waals surface area contributed by atoms with Crippen LogP contribution in [0, 0.1) is 5.92 Å². The SMILES string of the molecule is CC(C)CN(C(=O)C(=O)C(=O)C(Cc1ccccc1)N(C(=O)O)[C@H]1CCOC1)S(=O)(=O)c1ccccc1. The molecule has 11 heteroatoms. The van der Waals surface area contributed by atoms with E-state index >= 15 is 0 Å². The summed E-state index contributed by atoms with van der Waals surface area (Å²) in [4.78, 5) is 53.0. The number of sulfonamides is 1. The molecule has 1 N–H and O–H groups in total. The van der Waals surface area contributed by atoms with Gasteiger partial charge in [0.05, 0.1) is 17.5 Å². The number of amides is 2. The Morgan fingerprint density at radius 3 is 2.11 bits per heavy atom. The molecule has 0 radical (unpaired) electrons. The molecule has 0 spiro atoms. The molecule has 1 saturated heterocycles. The Bertz CT molecular complexity index is 1230. The molecule has 37 heavy (non-hydrogen) atoms. The van der Waals surface area contributed by atoms with Crippen LogP contribution in [0.3, 0.4) is 0 Å². The van der Waals surface area contributed by atoms with Gasteiger partial charge in [-0.2, -0.15) is 0 Å². The predicted molar refractivity (Wildman–Crippen MR) is 133 cm³/mol. The summed E-state index contributed by atoms with van der Waals surface area (Å²) in [6, 6.07) is 13.4. The number of carboxylic acid groups (broad SMARTS) is 1. The highest BCUT2D eigenvalue weighted by Gasteiger charge is 2.44. The number of Topliss-reactive ketones (excluding diaryl/α,β-unsaturated/α-hetero) is 2. The molecule has 1 fully saturated rings. The van der Waals surface area contributed by atoms with E-state index in [1.807, 2.05) is 0 Å². The Kier molecular flexibility index (Phi) is 9.17. The van der Waals surface area contributed by atoms with Crippen molar-refractivity contribution in [1.29, 1.82) is 0 Å². The number of carbonyl (C=O) groups is 4. The van der Waals surface area contributed by atoms with E-state index in [1.165, 1.54) is 24.3 Å². The number of hydrogen-bond donors (Lipinski definition) is 1. The van der Waals surface area contributed by atoms with Gasteiger partial charge in [0.15, 0.2) is 0 Å². The van der Waals surface area contributed by atoms with Crippen LogP contribution in [0.25, 0.3) is 0 Å². The van der Waals surface area contributed by atoms with E-state index in [0.29, 0.717) is 16.3 Å². The van der Waals surface area contributed by atoms with Gasteiger partial charge in [-0.3, -0.25) is 19.3 Å². The third kappa shape index (κ3) is 6.60. The van der Waals surface area contributed by atoms with Gasteiger partial charge in [-0.05, 0) is 30.0 Å². The zero-order valence-electron chi connectivity index (χ0n) is 20.6. The van der Waals surface area contributed by atoms with Gasteiger partial charge < -0.3 is 9.84 Å². The third-order valence-corrected chi connectivity index (χ3v) is 7.70.